The molecular weight excluding hydrogens is 639 g/mol. The lowest BCUT2D eigenvalue weighted by Crippen LogP contribution is -2.67. The Kier molecular flexibility index (Phi) is 7.96. The van der Waals surface area contributed by atoms with Crippen molar-refractivity contribution in [2.24, 2.45) is 33.5 Å². The van der Waals surface area contributed by atoms with Gasteiger partial charge in [0.1, 0.15) is 11.6 Å². The van der Waals surface area contributed by atoms with Gasteiger partial charge in [-0.25, -0.2) is 4.39 Å². The summed E-state index contributed by atoms with van der Waals surface area (Å²) < 4.78 is 20.7. The van der Waals surface area contributed by atoms with Crippen LogP contribution in [0.1, 0.15) is 64.4 Å². The molecule has 1 unspecified atom stereocenters. The molecule has 2 spiro atoms. The summed E-state index contributed by atoms with van der Waals surface area (Å²) in [6.07, 6.45) is 11.9. The first-order chi connectivity index (χ1) is 23.4. The maximum absolute atomic E-state index is 15.1. The number of hydrogen-bond acceptors (Lipinski definition) is 6. The molecule has 2 aromatic rings. The minimum atomic E-state index is -0.906. The smallest absolute Gasteiger partial charge is 0.164 e. The quantitative estimate of drug-likeness (QED) is 0.305. The minimum Gasteiger partial charge on any atom is -0.495 e. The van der Waals surface area contributed by atoms with Gasteiger partial charge >= 0.3 is 0 Å². The Morgan fingerprint density at radius 1 is 0.959 bits per heavy atom. The molecule has 8 atom stereocenters. The first-order valence-corrected chi connectivity index (χ1v) is 18.7. The third-order valence-corrected chi connectivity index (χ3v) is 15.0. The monoisotopic (exact) mass is 688 g/mol. The summed E-state index contributed by atoms with van der Waals surface area (Å²) in [5.74, 6) is 0.587. The summed E-state index contributed by atoms with van der Waals surface area (Å²) in [4.78, 5) is 19.5. The predicted octanol–water partition coefficient (Wildman–Crippen LogP) is 7.01. The molecule has 2 aromatic carbocycles. The van der Waals surface area contributed by atoms with E-state index in [0.29, 0.717) is 19.4 Å². The Balaban J connectivity index is 1.12. The highest BCUT2D eigenvalue weighted by Gasteiger charge is 2.74. The number of nitrogens with zero attached hydrogens (tertiary/aromatic N) is 2. The van der Waals surface area contributed by atoms with E-state index in [-0.39, 0.29) is 40.0 Å². The van der Waals surface area contributed by atoms with Crippen molar-refractivity contribution in [3.63, 3.8) is 0 Å². The normalized spacial score (nSPS) is 39.6. The minimum absolute atomic E-state index is 0.0585. The SMILES string of the molecule is COc1ccccc1N1CCN(C[C@]2(O)CC[C@H]3[C@]45C=C[C@@]6(C=C4C(=O)Cc4c(F)cccc4Cl)CC(O)CC[C@]6(C)[C@H]5CC[C@@]32C)CC1. The van der Waals surface area contributed by atoms with E-state index in [4.69, 9.17) is 16.3 Å². The summed E-state index contributed by atoms with van der Waals surface area (Å²) in [5.41, 5.74) is -0.310. The predicted molar refractivity (Wildman–Crippen MR) is 190 cm³/mol. The molecule has 0 amide bonds. The number of hydrogen-bond donors (Lipinski definition) is 2. The average Bonchev–Trinajstić information content (AvgIpc) is 3.36. The first-order valence-electron chi connectivity index (χ1n) is 18.3. The number of halogens is 2. The summed E-state index contributed by atoms with van der Waals surface area (Å²) in [6.45, 7) is 8.70. The van der Waals surface area contributed by atoms with Crippen LogP contribution in [0.3, 0.4) is 0 Å². The first kappa shape index (κ1) is 33.4. The van der Waals surface area contributed by atoms with Gasteiger partial charge in [-0.1, -0.05) is 61.9 Å². The maximum Gasteiger partial charge on any atom is 0.164 e. The highest BCUT2D eigenvalue weighted by atomic mass is 35.5. The number of methoxy groups -OCH3 is 1. The van der Waals surface area contributed by atoms with Gasteiger partial charge in [-0.3, -0.25) is 9.69 Å². The van der Waals surface area contributed by atoms with E-state index in [1.807, 2.05) is 18.2 Å². The van der Waals surface area contributed by atoms with E-state index in [9.17, 15) is 15.0 Å². The third kappa shape index (κ3) is 4.71. The average molecular weight is 689 g/mol. The number of piperazine rings is 1. The molecule has 1 heterocycles. The molecule has 6 nitrogen and oxygen atoms in total. The maximum atomic E-state index is 15.1. The van der Waals surface area contributed by atoms with Crippen molar-refractivity contribution in [1.29, 1.82) is 0 Å². The molecule has 49 heavy (non-hydrogen) atoms. The zero-order valence-electron chi connectivity index (χ0n) is 29.1. The Labute approximate surface area is 295 Å². The van der Waals surface area contributed by atoms with Gasteiger partial charge in [-0.05, 0) is 86.5 Å². The van der Waals surface area contributed by atoms with Crippen molar-refractivity contribution >= 4 is 23.1 Å². The molecule has 1 aliphatic heterocycles. The number of benzene rings is 2. The van der Waals surface area contributed by atoms with Gasteiger partial charge in [-0.2, -0.15) is 0 Å². The van der Waals surface area contributed by atoms with Crippen LogP contribution < -0.4 is 9.64 Å². The zero-order valence-corrected chi connectivity index (χ0v) is 29.8. The molecule has 4 fully saturated rings. The van der Waals surface area contributed by atoms with E-state index in [1.165, 1.54) is 6.07 Å². The van der Waals surface area contributed by atoms with Crippen LogP contribution in [0, 0.1) is 39.3 Å². The number of aliphatic hydroxyl groups is 2. The fraction of sp³-hybridized carbons (Fsp3) is 0.585. The van der Waals surface area contributed by atoms with E-state index < -0.39 is 33.8 Å². The lowest BCUT2D eigenvalue weighted by atomic mass is 9.32. The lowest BCUT2D eigenvalue weighted by molar-refractivity contribution is -0.179. The van der Waals surface area contributed by atoms with Gasteiger partial charge in [-0.15, -0.1) is 0 Å². The number of fused-ring (bicyclic) bond motifs is 1. The summed E-state index contributed by atoms with van der Waals surface area (Å²) in [6, 6.07) is 12.7. The number of ketones is 1. The Morgan fingerprint density at radius 2 is 1.67 bits per heavy atom. The van der Waals surface area contributed by atoms with E-state index >= 15 is 4.39 Å². The highest BCUT2D eigenvalue weighted by molar-refractivity contribution is 6.31. The van der Waals surface area contributed by atoms with Gasteiger partial charge < -0.3 is 19.8 Å². The number of anilines is 1. The van der Waals surface area contributed by atoms with Crippen molar-refractivity contribution in [1.82, 2.24) is 4.90 Å². The van der Waals surface area contributed by atoms with Crippen LogP contribution in [0.15, 0.2) is 66.3 Å². The number of allylic oxidation sites excluding steroid dienone is 4. The van der Waals surface area contributed by atoms with Crippen molar-refractivity contribution in [3.8, 4) is 5.75 Å². The molecular formula is C41H50ClFN2O4. The molecule has 8 heteroatoms. The van der Waals surface area contributed by atoms with Crippen molar-refractivity contribution in [2.75, 3.05) is 44.7 Å². The number of ether oxygens (including phenoxy) is 1. The van der Waals surface area contributed by atoms with Crippen LogP contribution in [0.4, 0.5) is 10.1 Å². The summed E-state index contributed by atoms with van der Waals surface area (Å²) in [5, 5.41) is 24.1. The fourth-order valence-corrected chi connectivity index (χ4v) is 12.3. The van der Waals surface area contributed by atoms with E-state index in [1.54, 1.807) is 19.2 Å². The Bertz CT molecular complexity index is 1700. The van der Waals surface area contributed by atoms with E-state index in [2.05, 4.69) is 47.9 Å². The zero-order chi connectivity index (χ0) is 34.4. The van der Waals surface area contributed by atoms with Gasteiger partial charge in [0.15, 0.2) is 5.78 Å². The molecule has 262 valence electrons. The van der Waals surface area contributed by atoms with Crippen LogP contribution in [-0.2, 0) is 11.2 Å². The number of Topliss-reactive ketones (excluding diaryl/α,β-unsaturated/α-hetero) is 1. The molecule has 0 aromatic heterocycles. The van der Waals surface area contributed by atoms with Crippen LogP contribution in [0.5, 0.6) is 5.75 Å². The number of para-hydroxylation sites is 2. The van der Waals surface area contributed by atoms with E-state index in [0.717, 1.165) is 75.3 Å². The Hall–Kier alpha value is -2.71. The molecule has 9 rings (SSSR count). The summed E-state index contributed by atoms with van der Waals surface area (Å²) >= 11 is 6.47. The number of aliphatic hydroxyl groups excluding tert-OH is 1. The van der Waals surface area contributed by atoms with Crippen molar-refractivity contribution in [2.45, 2.75) is 76.9 Å². The molecule has 3 saturated carbocycles. The van der Waals surface area contributed by atoms with Crippen LogP contribution in [0.25, 0.3) is 0 Å². The van der Waals surface area contributed by atoms with Gasteiger partial charge in [0.05, 0.1) is 24.5 Å². The number of rotatable bonds is 7. The van der Waals surface area contributed by atoms with Crippen LogP contribution in [0.2, 0.25) is 5.02 Å². The second-order valence-corrected chi connectivity index (χ2v) is 17.0. The number of carbonyl (C=O) groups excluding carboxylic acids is 1. The lowest BCUT2D eigenvalue weighted by Gasteiger charge is -2.71. The fourth-order valence-electron chi connectivity index (χ4n) is 12.0. The molecule has 0 radical (unpaired) electrons. The van der Waals surface area contributed by atoms with Crippen LogP contribution >= 0.6 is 11.6 Å². The van der Waals surface area contributed by atoms with Crippen molar-refractivity contribution in [3.05, 3.63) is 82.7 Å². The van der Waals surface area contributed by atoms with Gasteiger partial charge in [0.2, 0.25) is 0 Å². The summed E-state index contributed by atoms with van der Waals surface area (Å²) in [7, 11) is 1.71. The standard InChI is InChI=1S/C41H50ClFN2O4/c1-37-14-11-27(46)24-39(37)17-18-41(29(25-39)33(47)23-28-30(42)7-6-8-31(28)43)35(37)12-15-38(2)36(41)13-16-40(38,48)26-44-19-21-45(22-20-44)32-9-4-5-10-34(32)49-3/h4-10,17-18,25,27,35-36,46,48H,11-16,19-24,26H2,1-3H3/t27?,35-,36-,37-,38+,39+,40-,41-/m1/s1. The number of carbonyl (C=O) groups is 1. The van der Waals surface area contributed by atoms with Crippen molar-refractivity contribution < 1.29 is 24.1 Å². The molecule has 7 aliphatic rings. The molecule has 6 aliphatic carbocycles. The third-order valence-electron chi connectivity index (χ3n) is 14.7. The topological polar surface area (TPSA) is 73.2 Å². The Morgan fingerprint density at radius 3 is 2.43 bits per heavy atom. The number of β-amino-alcohol motifs (C(OH)–C–C–N with tert-alkyl or cyclic N) is 1. The molecule has 1 saturated heterocycles. The largest absolute Gasteiger partial charge is 0.495 e. The molecule has 2 bridgehead atoms. The van der Waals surface area contributed by atoms with Crippen LogP contribution in [-0.4, -0.2) is 72.4 Å². The second kappa shape index (κ2) is 11.7. The highest BCUT2D eigenvalue weighted by Crippen LogP contribution is 2.78. The van der Waals surface area contributed by atoms with Gasteiger partial charge in [0.25, 0.3) is 0 Å². The molecule has 2 N–H and O–H groups in total. The second-order valence-electron chi connectivity index (χ2n) is 16.5. The van der Waals surface area contributed by atoms with Gasteiger partial charge in [0, 0.05) is 71.5 Å².